The topological polar surface area (TPSA) is 577 Å². The Labute approximate surface area is 770 Å². The van der Waals surface area contributed by atoms with Crippen LogP contribution in [0.5, 0.6) is 0 Å². The molecule has 21 heterocycles. The monoisotopic (exact) mass is 1890 g/mol. The van der Waals surface area contributed by atoms with Gasteiger partial charge in [0.15, 0.2) is 86.8 Å². The number of terminal acetylenes is 2. The van der Waals surface area contributed by atoms with Gasteiger partial charge < -0.3 is 134 Å². The normalized spacial score (nSPS) is 36.0. The molecule has 0 spiro atoms. The van der Waals surface area contributed by atoms with Crippen LogP contribution in [0, 0.1) is 66.1 Å². The molecule has 14 bridgehead atoms. The van der Waals surface area contributed by atoms with E-state index in [1.54, 1.807) is 48.5 Å². The number of carbonyl (C=O) groups is 13. The summed E-state index contributed by atoms with van der Waals surface area (Å²) in [4.78, 5) is 174. The van der Waals surface area contributed by atoms with Crippen LogP contribution in [0.25, 0.3) is 20.9 Å². The lowest BCUT2D eigenvalue weighted by Crippen LogP contribution is -2.69. The highest BCUT2D eigenvalue weighted by Gasteiger charge is 2.63. The average molecular weight is 1890 g/mol. The first kappa shape index (κ1) is 110. The van der Waals surface area contributed by atoms with Gasteiger partial charge in [-0.2, -0.15) is 0 Å². The molecule has 47 nitrogen and oxygen atoms in total. The zero-order valence-electron chi connectivity index (χ0n) is 78.8. The largest absolute Gasteiger partial charge is 0.463 e. The second-order valence-corrected chi connectivity index (χ2v) is 34.4. The van der Waals surface area contributed by atoms with Gasteiger partial charge in [0.1, 0.15) is 62.0 Å². The molecule has 14 unspecified atom stereocenters. The number of hydrogen-bond acceptors (Lipinski definition) is 40. The average Bonchev–Trinajstić information content (AvgIpc) is 0.833. The van der Waals surface area contributed by atoms with Gasteiger partial charge in [-0.1, -0.05) is 72.5 Å². The summed E-state index contributed by atoms with van der Waals surface area (Å²) < 4.78 is 160. The summed E-state index contributed by atoms with van der Waals surface area (Å²) >= 11 is 0. The van der Waals surface area contributed by atoms with E-state index < -0.39 is 323 Å². The van der Waals surface area contributed by atoms with Crippen molar-refractivity contribution in [3.63, 3.8) is 0 Å². The molecule has 21 aliphatic heterocycles. The third-order valence-corrected chi connectivity index (χ3v) is 23.3. The van der Waals surface area contributed by atoms with Crippen LogP contribution in [-0.2, 0) is 176 Å². The Hall–Kier alpha value is -9.91. The van der Waals surface area contributed by atoms with Crippen LogP contribution < -0.4 is 10.6 Å². The molecule has 0 aromatic heterocycles. The van der Waals surface area contributed by atoms with Crippen molar-refractivity contribution in [1.29, 1.82) is 0 Å². The van der Waals surface area contributed by atoms with Gasteiger partial charge in [-0.3, -0.25) is 57.5 Å². The van der Waals surface area contributed by atoms with E-state index in [1.165, 1.54) is 18.7 Å². The summed E-state index contributed by atoms with van der Waals surface area (Å²) in [5.41, 5.74) is 19.1. The maximum atomic E-state index is 13.6. The number of nitrogens with zero attached hydrogens (tertiary/aromatic N) is 7. The Bertz CT molecular complexity index is 4160. The number of rotatable bonds is 25. The van der Waals surface area contributed by atoms with E-state index >= 15 is 0 Å². The van der Waals surface area contributed by atoms with E-state index in [9.17, 15) is 73.4 Å². The molecule has 0 radical (unpaired) electrons. The van der Waals surface area contributed by atoms with E-state index in [0.29, 0.717) is 0 Å². The van der Waals surface area contributed by atoms with Gasteiger partial charge in [0.2, 0.25) is 0 Å². The molecule has 0 aromatic rings. The van der Waals surface area contributed by atoms with Crippen LogP contribution in [0.3, 0.4) is 0 Å². The molecule has 21 saturated heterocycles. The van der Waals surface area contributed by atoms with E-state index in [-0.39, 0.29) is 45.6 Å². The fraction of sp³-hybridized carbons (Fsp3) is 0.802. The molecular weight excluding hydrogens is 1770 g/mol. The Morgan fingerprint density at radius 2 is 0.586 bits per heavy atom. The molecule has 21 aliphatic rings. The first-order chi connectivity index (χ1) is 62.7. The summed E-state index contributed by atoms with van der Waals surface area (Å²) in [7, 11) is 0. The van der Waals surface area contributed by atoms with Crippen molar-refractivity contribution in [2.24, 2.45) is 51.7 Å². The number of ether oxygens (including phenoxy) is 25. The smallest absolute Gasteiger partial charge is 0.410 e. The number of nitrogens with one attached hydrogen (secondary N) is 2. The van der Waals surface area contributed by atoms with Crippen LogP contribution in [0.2, 0.25) is 0 Å². The van der Waals surface area contributed by atoms with Gasteiger partial charge in [-0.25, -0.2) is 4.79 Å². The van der Waals surface area contributed by atoms with Crippen molar-refractivity contribution in [3.8, 4) is 24.7 Å². The van der Waals surface area contributed by atoms with Gasteiger partial charge in [0.05, 0.1) is 61.9 Å². The first-order valence-corrected chi connectivity index (χ1v) is 43.9. The lowest BCUT2D eigenvalue weighted by molar-refractivity contribution is -0.390. The third-order valence-electron chi connectivity index (χ3n) is 23.3. The predicted molar refractivity (Wildman–Crippen MR) is 448 cm³/mol. The van der Waals surface area contributed by atoms with Crippen LogP contribution in [0.4, 0.5) is 4.79 Å². The summed E-state index contributed by atoms with van der Waals surface area (Å²) in [6, 6.07) is 0. The second-order valence-electron chi connectivity index (χ2n) is 34.4. The standard InChI is InChI=1S/C71H106N6O34.C15H21N3O4/c1-20-44-56-59(92-38(14)82)63(96-42(18)86)70(99-44)111-58-47(23-75-77-73)101-71(64(97-43(19)87)61(58)94-40(16)84)110-57-45(21-2)98-69(62(95-41(17)85)60(57)93-39(15)83)108-54-33(9)55(91-37(13)81)68(104-50(54)26-90-36(12)80)107-53-29(5)31(7)66(102-49(53)25-89-35(11)79)105-51-27(3)30(6)65(100-46(51)22-74-76-72)106-52-28(4)32(8)67(109-56)103-48(52)24-88-34(10)78;1-6-12(19)16-8-10-18(11-9-17-13(20)7-2)14(21)22-15(3,4)5/h27-33,44-71H,20-26H2,1-19H3;1-2H,8-11H2,3-5H3,(H,16,19)(H,17,20)/t27-,28-,29-,30?,31?,32?,33+,44?,45?,46?,47?,48?,49?,50?,51+,52+,53+,54+,55?,56-,57-,58-,59+,60+,61+,62?,63?,64?,65-,66-,67+,68-,69-,70+,71+;/m1./s1. The fourth-order valence-corrected chi connectivity index (χ4v) is 16.6. The number of azide groups is 2. The van der Waals surface area contributed by atoms with Crippen molar-refractivity contribution in [3.05, 3.63) is 20.9 Å². The number of carbonyl (C=O) groups excluding carboxylic acids is 13. The molecule has 47 heteroatoms. The van der Waals surface area contributed by atoms with E-state index in [2.05, 4.69) is 30.7 Å². The van der Waals surface area contributed by atoms with Gasteiger partial charge in [-0.05, 0) is 74.3 Å². The van der Waals surface area contributed by atoms with Crippen LogP contribution in [-0.4, -0.2) is 319 Å². The van der Waals surface area contributed by atoms with Gasteiger partial charge in [0, 0.05) is 129 Å². The van der Waals surface area contributed by atoms with Gasteiger partial charge >= 0.3 is 65.8 Å². The van der Waals surface area contributed by atoms with E-state index in [4.69, 9.17) is 131 Å². The van der Waals surface area contributed by atoms with Crippen molar-refractivity contribution in [1.82, 2.24) is 15.5 Å². The zero-order chi connectivity index (χ0) is 98.9. The maximum Gasteiger partial charge on any atom is 0.410 e. The molecular formula is C86H127N9O38. The summed E-state index contributed by atoms with van der Waals surface area (Å²) in [5.74, 6) is -10.9. The lowest BCUT2D eigenvalue weighted by Gasteiger charge is -2.52. The second kappa shape index (κ2) is 51.1. The Kier molecular flexibility index (Phi) is 42.3. The number of amides is 3. The predicted octanol–water partition coefficient (Wildman–Crippen LogP) is 4.60. The zero-order valence-corrected chi connectivity index (χ0v) is 78.8. The Morgan fingerprint density at radius 3 is 0.895 bits per heavy atom. The summed E-state index contributed by atoms with van der Waals surface area (Å²) in [6.07, 6.45) is -32.5. The minimum atomic E-state index is -2.01. The fourth-order valence-electron chi connectivity index (χ4n) is 16.6. The Morgan fingerprint density at radius 1 is 0.338 bits per heavy atom. The highest BCUT2D eigenvalue weighted by atomic mass is 16.8. The maximum absolute atomic E-state index is 13.6. The molecule has 0 saturated carbocycles. The quantitative estimate of drug-likeness (QED) is 0.0315. The molecule has 3 amide bonds. The molecule has 133 heavy (non-hydrogen) atoms. The molecule has 0 aromatic carbocycles. The third kappa shape index (κ3) is 31.1. The number of hydrogen-bond donors (Lipinski definition) is 2. The number of esters is 10. The van der Waals surface area contributed by atoms with Gasteiger partial charge in [0.25, 0.3) is 11.8 Å². The van der Waals surface area contributed by atoms with Crippen molar-refractivity contribution < 1.29 is 181 Å². The molecule has 2 N–H and O–H groups in total. The molecule has 0 aliphatic carbocycles. The summed E-state index contributed by atoms with van der Waals surface area (Å²) in [5, 5.41) is 12.6. The van der Waals surface area contributed by atoms with Crippen LogP contribution in [0.1, 0.15) is 165 Å². The summed E-state index contributed by atoms with van der Waals surface area (Å²) in [6.45, 7) is 30.2. The lowest BCUT2D eigenvalue weighted by atomic mass is 9.82. The van der Waals surface area contributed by atoms with Crippen molar-refractivity contribution >= 4 is 77.6 Å². The van der Waals surface area contributed by atoms with Crippen LogP contribution >= 0.6 is 0 Å². The molecule has 35 atom stereocenters. The van der Waals surface area contributed by atoms with Gasteiger partial charge in [-0.15, -0.1) is 12.8 Å². The van der Waals surface area contributed by atoms with E-state index in [0.717, 1.165) is 55.4 Å². The van der Waals surface area contributed by atoms with Crippen molar-refractivity contribution in [2.75, 3.05) is 59.1 Å². The highest BCUT2D eigenvalue weighted by Crippen LogP contribution is 2.47. The van der Waals surface area contributed by atoms with E-state index in [1.807, 2.05) is 46.5 Å². The SMILES string of the molecule is C#CC(=O)NCCN(CCNC(=O)C#C)C(=O)OC(C)(C)C.CCC1O[C@H]2O[C@@H]3C(CN=[N+]=[N-])O[C@@H](O[C@@H]4C(CC)O[C@H](O[C@@H]5C(COC(C)=O)O[C@H](O[C@@H]6C(COC(C)=O)O[C@H](O[C@@H]7C(CN=[N+]=[N-])O[C@H](O[C@@H]8C(COC(C)=O)O[C@@H](O[C@H]1[C@H](OC(C)=O)C2OC(C)=O)C(C)[C@H]8C)C(C)[C@H]7C)C(C)[C@H]6C)C(OC(C)=O)[C@H]5C)C(OC(C)=O)[C@H]4OC(C)=O)C(OC(C)=O)[C@H]3OC(C)=O. The Balaban J connectivity index is 0.000000965. The molecule has 21 rings (SSSR count). The highest BCUT2D eigenvalue weighted by molar-refractivity contribution is 5.93. The minimum absolute atomic E-state index is 0.0197. The molecule has 744 valence electrons. The molecule has 21 fully saturated rings. The minimum Gasteiger partial charge on any atom is -0.463 e. The van der Waals surface area contributed by atoms with Crippen molar-refractivity contribution in [2.45, 2.75) is 343 Å². The van der Waals surface area contributed by atoms with Crippen LogP contribution in [0.15, 0.2) is 10.2 Å². The first-order valence-electron chi connectivity index (χ1n) is 43.9.